The highest BCUT2D eigenvalue weighted by Crippen LogP contribution is 2.23. The Hall–Kier alpha value is -1.52. The Morgan fingerprint density at radius 1 is 1.16 bits per heavy atom. The number of hydrogen-bond acceptors (Lipinski definition) is 2. The molecule has 0 unspecified atom stereocenters. The monoisotopic (exact) mass is 286 g/mol. The van der Waals surface area contributed by atoms with Crippen LogP contribution in [0, 0.1) is 11.7 Å². The smallest absolute Gasteiger partial charge is 0.182 e. The number of aromatic amines is 1. The van der Waals surface area contributed by atoms with Gasteiger partial charge in [0.1, 0.15) is 0 Å². The predicted octanol–water partition coefficient (Wildman–Crippen LogP) is 4.72. The van der Waals surface area contributed by atoms with Crippen molar-refractivity contribution in [2.45, 2.75) is 11.8 Å². The highest BCUT2D eigenvalue weighted by molar-refractivity contribution is 7.98. The summed E-state index contributed by atoms with van der Waals surface area (Å²) in [6.45, 7) is 2.10. The average Bonchev–Trinajstić information content (AvgIpc) is 2.74. The van der Waals surface area contributed by atoms with E-state index in [0.717, 1.165) is 21.5 Å². The van der Waals surface area contributed by atoms with Gasteiger partial charge in [-0.15, -0.1) is 11.8 Å². The zero-order valence-electron chi connectivity index (χ0n) is 10.8. The molecule has 4 heteroatoms. The molecular weight excluding hydrogens is 272 g/mol. The van der Waals surface area contributed by atoms with Crippen molar-refractivity contribution in [1.82, 2.24) is 9.55 Å². The van der Waals surface area contributed by atoms with Crippen molar-refractivity contribution in [2.75, 3.05) is 6.26 Å². The van der Waals surface area contributed by atoms with Gasteiger partial charge in [-0.05, 0) is 61.3 Å². The summed E-state index contributed by atoms with van der Waals surface area (Å²) in [6.07, 6.45) is 2.08. The van der Waals surface area contributed by atoms with Gasteiger partial charge >= 0.3 is 0 Å². The lowest BCUT2D eigenvalue weighted by molar-refractivity contribution is 1.06. The Kier molecular flexibility index (Phi) is 3.21. The van der Waals surface area contributed by atoms with Crippen LogP contribution in [0.15, 0.2) is 47.4 Å². The number of hydrogen-bond donors (Lipinski definition) is 1. The van der Waals surface area contributed by atoms with Gasteiger partial charge in [0.05, 0.1) is 11.0 Å². The third-order valence-electron chi connectivity index (χ3n) is 3.15. The molecule has 96 valence electrons. The van der Waals surface area contributed by atoms with E-state index in [4.69, 9.17) is 12.2 Å². The topological polar surface area (TPSA) is 20.7 Å². The summed E-state index contributed by atoms with van der Waals surface area (Å²) in [5.74, 6) is 0. The molecule has 3 rings (SSSR count). The molecular formula is C15H14N2S2. The summed E-state index contributed by atoms with van der Waals surface area (Å²) in [4.78, 5) is 4.50. The van der Waals surface area contributed by atoms with Crippen LogP contribution in [0.3, 0.4) is 0 Å². The number of nitrogens with one attached hydrogen (secondary N) is 1. The second kappa shape index (κ2) is 4.87. The standard InChI is InChI=1S/C15H14N2S2/c1-10-6-7-13-14(8-10)17(15(18)16-13)11-4-3-5-12(9-11)19-2/h3-9H,1-2H3,(H,16,18). The number of H-pyrrole nitrogens is 1. The van der Waals surface area contributed by atoms with Crippen molar-refractivity contribution in [3.63, 3.8) is 0 Å². The van der Waals surface area contributed by atoms with Gasteiger partial charge in [-0.3, -0.25) is 4.57 Å². The average molecular weight is 286 g/mol. The van der Waals surface area contributed by atoms with Gasteiger partial charge in [0.25, 0.3) is 0 Å². The Labute approximate surface area is 121 Å². The predicted molar refractivity (Wildman–Crippen MR) is 85.0 cm³/mol. The van der Waals surface area contributed by atoms with Crippen LogP contribution >= 0.6 is 24.0 Å². The SMILES string of the molecule is CSc1cccc(-n2c(=S)[nH]c3ccc(C)cc32)c1. The molecule has 0 fully saturated rings. The number of nitrogens with zero attached hydrogens (tertiary/aromatic N) is 1. The maximum atomic E-state index is 5.46. The van der Waals surface area contributed by atoms with E-state index in [0.29, 0.717) is 0 Å². The van der Waals surface area contributed by atoms with Gasteiger partial charge < -0.3 is 4.98 Å². The molecule has 0 bridgehead atoms. The lowest BCUT2D eigenvalue weighted by Crippen LogP contribution is -1.94. The fourth-order valence-electron chi connectivity index (χ4n) is 2.22. The van der Waals surface area contributed by atoms with Crippen LogP contribution in [0.4, 0.5) is 0 Å². The largest absolute Gasteiger partial charge is 0.330 e. The number of aromatic nitrogens is 2. The summed E-state index contributed by atoms with van der Waals surface area (Å²) in [5.41, 5.74) is 4.54. The van der Waals surface area contributed by atoms with E-state index >= 15 is 0 Å². The van der Waals surface area contributed by atoms with E-state index in [1.165, 1.54) is 10.5 Å². The van der Waals surface area contributed by atoms with Crippen LogP contribution in [0.1, 0.15) is 5.56 Å². The van der Waals surface area contributed by atoms with Crippen LogP contribution < -0.4 is 0 Å². The molecule has 2 aromatic carbocycles. The molecule has 19 heavy (non-hydrogen) atoms. The number of thioether (sulfide) groups is 1. The zero-order chi connectivity index (χ0) is 13.4. The molecule has 3 aromatic rings. The number of benzene rings is 2. The normalized spacial score (nSPS) is 11.1. The molecule has 0 aliphatic carbocycles. The maximum Gasteiger partial charge on any atom is 0.182 e. The van der Waals surface area contributed by atoms with Crippen LogP contribution in [-0.2, 0) is 0 Å². The summed E-state index contributed by atoms with van der Waals surface area (Å²) in [5, 5.41) is 0. The summed E-state index contributed by atoms with van der Waals surface area (Å²) < 4.78 is 2.83. The van der Waals surface area contributed by atoms with Crippen molar-refractivity contribution in [1.29, 1.82) is 0 Å². The number of fused-ring (bicyclic) bond motifs is 1. The van der Waals surface area contributed by atoms with Gasteiger partial charge in [-0.2, -0.15) is 0 Å². The van der Waals surface area contributed by atoms with Crippen molar-refractivity contribution < 1.29 is 0 Å². The second-order valence-corrected chi connectivity index (χ2v) is 5.75. The summed E-state index contributed by atoms with van der Waals surface area (Å²) >= 11 is 7.20. The molecule has 0 saturated carbocycles. The van der Waals surface area contributed by atoms with Crippen LogP contribution in [0.25, 0.3) is 16.7 Å². The zero-order valence-corrected chi connectivity index (χ0v) is 12.4. The Morgan fingerprint density at radius 2 is 2.00 bits per heavy atom. The molecule has 1 heterocycles. The Bertz CT molecular complexity index is 799. The highest BCUT2D eigenvalue weighted by atomic mass is 32.2. The first kappa shape index (κ1) is 12.5. The molecule has 0 aliphatic rings. The van der Waals surface area contributed by atoms with Gasteiger partial charge in [0.15, 0.2) is 4.77 Å². The Morgan fingerprint density at radius 3 is 2.79 bits per heavy atom. The van der Waals surface area contributed by atoms with Gasteiger partial charge in [0, 0.05) is 10.6 Å². The minimum Gasteiger partial charge on any atom is -0.330 e. The molecule has 0 atom stereocenters. The lowest BCUT2D eigenvalue weighted by Gasteiger charge is -2.06. The fraction of sp³-hybridized carbons (Fsp3) is 0.133. The van der Waals surface area contributed by atoms with Crippen LogP contribution in [0.2, 0.25) is 0 Å². The maximum absolute atomic E-state index is 5.46. The molecule has 0 radical (unpaired) electrons. The molecule has 0 amide bonds. The van der Waals surface area contributed by atoms with E-state index in [1.807, 2.05) is 0 Å². The van der Waals surface area contributed by atoms with Crippen molar-refractivity contribution in [3.05, 3.63) is 52.8 Å². The van der Waals surface area contributed by atoms with Gasteiger partial charge in [0.2, 0.25) is 0 Å². The van der Waals surface area contributed by atoms with Crippen molar-refractivity contribution >= 4 is 35.0 Å². The minimum atomic E-state index is 0.735. The van der Waals surface area contributed by atoms with E-state index in [1.54, 1.807) is 11.8 Å². The van der Waals surface area contributed by atoms with Gasteiger partial charge in [-0.1, -0.05) is 12.1 Å². The van der Waals surface area contributed by atoms with Gasteiger partial charge in [-0.25, -0.2) is 0 Å². The molecule has 0 spiro atoms. The molecule has 0 aliphatic heterocycles. The third kappa shape index (κ3) is 2.22. The van der Waals surface area contributed by atoms with Crippen molar-refractivity contribution in [2.24, 2.45) is 0 Å². The van der Waals surface area contributed by atoms with E-state index in [2.05, 4.69) is 65.2 Å². The summed E-state index contributed by atoms with van der Waals surface area (Å²) in [6, 6.07) is 14.8. The van der Waals surface area contributed by atoms with Crippen LogP contribution in [-0.4, -0.2) is 15.8 Å². The highest BCUT2D eigenvalue weighted by Gasteiger charge is 2.07. The van der Waals surface area contributed by atoms with Crippen LogP contribution in [0.5, 0.6) is 0 Å². The summed E-state index contributed by atoms with van der Waals surface area (Å²) in [7, 11) is 0. The quantitative estimate of drug-likeness (QED) is 0.543. The number of imidazole rings is 1. The first-order valence-electron chi connectivity index (χ1n) is 6.05. The van der Waals surface area contributed by atoms with E-state index in [-0.39, 0.29) is 0 Å². The third-order valence-corrected chi connectivity index (χ3v) is 4.16. The number of aryl methyl sites for hydroxylation is 1. The van der Waals surface area contributed by atoms with E-state index in [9.17, 15) is 0 Å². The second-order valence-electron chi connectivity index (χ2n) is 4.49. The first-order chi connectivity index (χ1) is 9.19. The first-order valence-corrected chi connectivity index (χ1v) is 7.68. The van der Waals surface area contributed by atoms with E-state index < -0.39 is 0 Å². The van der Waals surface area contributed by atoms with Crippen molar-refractivity contribution in [3.8, 4) is 5.69 Å². The lowest BCUT2D eigenvalue weighted by atomic mass is 10.2. The Balaban J connectivity index is 2.32. The fourth-order valence-corrected chi connectivity index (χ4v) is 2.99. The molecule has 1 N–H and O–H groups in total. The number of rotatable bonds is 2. The minimum absolute atomic E-state index is 0.735. The molecule has 1 aromatic heterocycles. The molecule has 2 nitrogen and oxygen atoms in total. The molecule has 0 saturated heterocycles.